The van der Waals surface area contributed by atoms with Gasteiger partial charge in [0.25, 0.3) is 5.91 Å². The number of aromatic nitrogens is 3. The number of carbonyl (C=O) groups is 1. The van der Waals surface area contributed by atoms with Crippen LogP contribution in [0, 0.1) is 0 Å². The number of ether oxygens (including phenoxy) is 1. The van der Waals surface area contributed by atoms with Crippen molar-refractivity contribution in [1.82, 2.24) is 15.0 Å². The van der Waals surface area contributed by atoms with Crippen LogP contribution < -0.4 is 21.3 Å². The van der Waals surface area contributed by atoms with E-state index in [1.165, 1.54) is 31.1 Å². The SMILES string of the molecule is COc1nc(SC)nc(Nc2ccc(=O)[nH]c2)c1C(N)=O. The van der Waals surface area contributed by atoms with Gasteiger partial charge >= 0.3 is 0 Å². The fourth-order valence-electron chi connectivity index (χ4n) is 1.60. The van der Waals surface area contributed by atoms with Gasteiger partial charge in [-0.2, -0.15) is 4.98 Å². The summed E-state index contributed by atoms with van der Waals surface area (Å²) >= 11 is 1.29. The van der Waals surface area contributed by atoms with Gasteiger partial charge in [0.15, 0.2) is 11.0 Å². The zero-order valence-electron chi connectivity index (χ0n) is 11.3. The van der Waals surface area contributed by atoms with Crippen LogP contribution in [0.2, 0.25) is 0 Å². The number of primary amides is 1. The number of amides is 1. The van der Waals surface area contributed by atoms with Gasteiger partial charge in [0.2, 0.25) is 11.4 Å². The average Bonchev–Trinajstić information content (AvgIpc) is 2.48. The van der Waals surface area contributed by atoms with Crippen LogP contribution >= 0.6 is 11.8 Å². The van der Waals surface area contributed by atoms with Crippen LogP contribution in [0.25, 0.3) is 0 Å². The number of nitrogens with zero attached hydrogens (tertiary/aromatic N) is 2. The van der Waals surface area contributed by atoms with Gasteiger partial charge in [-0.05, 0) is 12.3 Å². The van der Waals surface area contributed by atoms with E-state index in [4.69, 9.17) is 10.5 Å². The Labute approximate surface area is 124 Å². The Morgan fingerprint density at radius 3 is 2.71 bits per heavy atom. The van der Waals surface area contributed by atoms with Crippen molar-refractivity contribution < 1.29 is 9.53 Å². The molecule has 0 saturated carbocycles. The summed E-state index contributed by atoms with van der Waals surface area (Å²) in [4.78, 5) is 33.4. The van der Waals surface area contributed by atoms with Crippen molar-refractivity contribution in [2.75, 3.05) is 18.7 Å². The third-order valence-corrected chi connectivity index (χ3v) is 3.07. The number of aromatic amines is 1. The largest absolute Gasteiger partial charge is 0.480 e. The molecule has 2 rings (SSSR count). The van der Waals surface area contributed by atoms with E-state index in [0.717, 1.165) is 0 Å². The quantitative estimate of drug-likeness (QED) is 0.550. The molecule has 2 aromatic heterocycles. The van der Waals surface area contributed by atoms with E-state index in [2.05, 4.69) is 20.3 Å². The molecule has 0 spiro atoms. The molecule has 0 unspecified atom stereocenters. The van der Waals surface area contributed by atoms with E-state index in [1.54, 1.807) is 12.3 Å². The van der Waals surface area contributed by atoms with Gasteiger partial charge in [0.05, 0.1) is 12.8 Å². The first-order valence-corrected chi connectivity index (χ1v) is 7.03. The highest BCUT2D eigenvalue weighted by Gasteiger charge is 2.20. The molecule has 21 heavy (non-hydrogen) atoms. The summed E-state index contributed by atoms with van der Waals surface area (Å²) in [5.41, 5.74) is 5.71. The van der Waals surface area contributed by atoms with Crippen LogP contribution in [0.15, 0.2) is 28.3 Å². The normalized spacial score (nSPS) is 10.2. The lowest BCUT2D eigenvalue weighted by atomic mass is 10.2. The number of nitrogens with two attached hydrogens (primary N) is 1. The summed E-state index contributed by atoms with van der Waals surface area (Å²) in [5.74, 6) is -0.411. The molecule has 0 fully saturated rings. The standard InChI is InChI=1S/C12H13N5O3S/c1-20-11-8(9(13)19)10(16-12(17-11)21-2)15-6-3-4-7(18)14-5-6/h3-5H,1-2H3,(H2,13,19)(H,14,18)(H,15,16,17). The van der Waals surface area contributed by atoms with Crippen LogP contribution in [0.1, 0.15) is 10.4 Å². The maximum absolute atomic E-state index is 11.6. The van der Waals surface area contributed by atoms with Crippen molar-refractivity contribution in [2.24, 2.45) is 5.73 Å². The number of methoxy groups -OCH3 is 1. The van der Waals surface area contributed by atoms with Crippen LogP contribution in [0.5, 0.6) is 5.88 Å². The first-order valence-electron chi connectivity index (χ1n) is 5.80. The summed E-state index contributed by atoms with van der Waals surface area (Å²) in [5, 5.41) is 3.34. The molecule has 8 nitrogen and oxygen atoms in total. The van der Waals surface area contributed by atoms with Gasteiger partial charge in [-0.3, -0.25) is 9.59 Å². The molecule has 0 aliphatic rings. The molecule has 0 radical (unpaired) electrons. The first-order chi connectivity index (χ1) is 10.0. The molecule has 0 aliphatic carbocycles. The Hall–Kier alpha value is -2.55. The third kappa shape index (κ3) is 3.31. The van der Waals surface area contributed by atoms with Crippen molar-refractivity contribution >= 4 is 29.2 Å². The maximum atomic E-state index is 11.6. The fraction of sp³-hybridized carbons (Fsp3) is 0.167. The Kier molecular flexibility index (Phi) is 4.43. The highest BCUT2D eigenvalue weighted by Crippen LogP contribution is 2.27. The first kappa shape index (κ1) is 14.9. The lowest BCUT2D eigenvalue weighted by molar-refractivity contribution is 0.0997. The number of anilines is 2. The zero-order chi connectivity index (χ0) is 15.4. The molecule has 1 amide bonds. The molecule has 110 valence electrons. The minimum atomic E-state index is -0.716. The number of hydrogen-bond donors (Lipinski definition) is 3. The van der Waals surface area contributed by atoms with Gasteiger partial charge in [-0.1, -0.05) is 11.8 Å². The van der Waals surface area contributed by atoms with Crippen LogP contribution in [-0.4, -0.2) is 34.2 Å². The second kappa shape index (κ2) is 6.27. The predicted octanol–water partition coefficient (Wildman–Crippen LogP) is 0.738. The van der Waals surface area contributed by atoms with E-state index in [-0.39, 0.29) is 22.8 Å². The van der Waals surface area contributed by atoms with E-state index in [9.17, 15) is 9.59 Å². The summed E-state index contributed by atoms with van der Waals surface area (Å²) < 4.78 is 5.08. The lowest BCUT2D eigenvalue weighted by Gasteiger charge is -2.12. The lowest BCUT2D eigenvalue weighted by Crippen LogP contribution is -2.17. The Morgan fingerprint density at radius 2 is 2.19 bits per heavy atom. The van der Waals surface area contributed by atoms with Crippen LogP contribution in [-0.2, 0) is 0 Å². The van der Waals surface area contributed by atoms with Crippen molar-refractivity contribution in [1.29, 1.82) is 0 Å². The molecule has 0 bridgehead atoms. The highest BCUT2D eigenvalue weighted by atomic mass is 32.2. The summed E-state index contributed by atoms with van der Waals surface area (Å²) in [6.45, 7) is 0. The molecule has 9 heteroatoms. The highest BCUT2D eigenvalue weighted by molar-refractivity contribution is 7.98. The zero-order valence-corrected chi connectivity index (χ0v) is 12.2. The average molecular weight is 307 g/mol. The summed E-state index contributed by atoms with van der Waals surface area (Å²) in [7, 11) is 1.39. The number of carbonyl (C=O) groups excluding carboxylic acids is 1. The number of pyridine rings is 1. The number of rotatable bonds is 5. The minimum Gasteiger partial charge on any atom is -0.480 e. The fourth-order valence-corrected chi connectivity index (χ4v) is 1.95. The molecule has 0 aliphatic heterocycles. The molecule has 4 N–H and O–H groups in total. The molecule has 2 heterocycles. The van der Waals surface area contributed by atoms with Gasteiger partial charge in [-0.25, -0.2) is 4.98 Å². The monoisotopic (exact) mass is 307 g/mol. The number of H-pyrrole nitrogens is 1. The second-order valence-corrected chi connectivity index (χ2v) is 4.65. The van der Waals surface area contributed by atoms with Gasteiger partial charge < -0.3 is 20.8 Å². The Morgan fingerprint density at radius 1 is 1.43 bits per heavy atom. The molecule has 0 aromatic carbocycles. The second-order valence-electron chi connectivity index (χ2n) is 3.87. The Bertz CT molecular complexity index is 711. The summed E-state index contributed by atoms with van der Waals surface area (Å²) in [6.07, 6.45) is 3.25. The van der Waals surface area contributed by atoms with Gasteiger partial charge in [0, 0.05) is 12.3 Å². The van der Waals surface area contributed by atoms with E-state index in [0.29, 0.717) is 10.8 Å². The Balaban J connectivity index is 2.51. The molecular formula is C12H13N5O3S. The van der Waals surface area contributed by atoms with Gasteiger partial charge in [0.1, 0.15) is 5.56 Å². The van der Waals surface area contributed by atoms with Crippen molar-refractivity contribution in [2.45, 2.75) is 5.16 Å². The van der Waals surface area contributed by atoms with E-state index < -0.39 is 5.91 Å². The van der Waals surface area contributed by atoms with Gasteiger partial charge in [-0.15, -0.1) is 0 Å². The van der Waals surface area contributed by atoms with Crippen LogP contribution in [0.3, 0.4) is 0 Å². The van der Waals surface area contributed by atoms with Crippen LogP contribution in [0.4, 0.5) is 11.5 Å². The number of thioether (sulfide) groups is 1. The predicted molar refractivity (Wildman–Crippen MR) is 79.2 cm³/mol. The smallest absolute Gasteiger partial charge is 0.258 e. The number of hydrogen-bond acceptors (Lipinski definition) is 7. The third-order valence-electron chi connectivity index (χ3n) is 2.52. The maximum Gasteiger partial charge on any atom is 0.258 e. The summed E-state index contributed by atoms with van der Waals surface area (Å²) in [6, 6.07) is 2.90. The number of nitrogens with one attached hydrogen (secondary N) is 2. The van der Waals surface area contributed by atoms with E-state index in [1.807, 2.05) is 0 Å². The van der Waals surface area contributed by atoms with Crippen molar-refractivity contribution in [3.8, 4) is 5.88 Å². The molecular weight excluding hydrogens is 294 g/mol. The van der Waals surface area contributed by atoms with Crippen molar-refractivity contribution in [3.63, 3.8) is 0 Å². The minimum absolute atomic E-state index is 0.0431. The molecule has 0 saturated heterocycles. The molecule has 2 aromatic rings. The topological polar surface area (TPSA) is 123 Å². The molecule has 0 atom stereocenters. The van der Waals surface area contributed by atoms with Crippen molar-refractivity contribution in [3.05, 3.63) is 34.2 Å². The van der Waals surface area contributed by atoms with E-state index >= 15 is 0 Å².